The van der Waals surface area contributed by atoms with E-state index >= 15 is 0 Å². The van der Waals surface area contributed by atoms with Gasteiger partial charge in [-0.15, -0.1) is 0 Å². The fourth-order valence-electron chi connectivity index (χ4n) is 2.49. The summed E-state index contributed by atoms with van der Waals surface area (Å²) in [5.74, 6) is -1.07. The molecule has 0 saturated carbocycles. The summed E-state index contributed by atoms with van der Waals surface area (Å²) >= 11 is 0. The standard InChI is InChI=1S/C17H19N5O5/c1-25-7-8-27-16-20-13(18)12-14(21-16)22(17(19-12)26-2)9-10-3-5-11(6-4-10)15(23)24/h3-6H,7-9H2,1-2H3,(H,23,24)(H2,18,20,21)/p-1. The van der Waals surface area contributed by atoms with E-state index in [0.717, 1.165) is 5.56 Å². The predicted octanol–water partition coefficient (Wildman–Crippen LogP) is -0.146. The minimum atomic E-state index is -1.23. The van der Waals surface area contributed by atoms with Gasteiger partial charge in [-0.25, -0.2) is 0 Å². The number of nitrogens with two attached hydrogens (primary N) is 1. The zero-order valence-corrected chi connectivity index (χ0v) is 14.8. The molecule has 1 aromatic carbocycles. The van der Waals surface area contributed by atoms with Crippen molar-refractivity contribution in [2.75, 3.05) is 33.2 Å². The Kier molecular flexibility index (Phi) is 5.36. The number of carboxylic acid groups (broad SMARTS) is 1. The number of fused-ring (bicyclic) bond motifs is 1. The molecular formula is C17H18N5O5-. The fourth-order valence-corrected chi connectivity index (χ4v) is 2.49. The Balaban J connectivity index is 1.98. The SMILES string of the molecule is COCCOc1nc(N)c2nc(OC)n(Cc3ccc(C(=O)[O-])cc3)c2n1. The van der Waals surface area contributed by atoms with Crippen LogP contribution in [0.2, 0.25) is 0 Å². The van der Waals surface area contributed by atoms with Crippen LogP contribution in [0.4, 0.5) is 5.82 Å². The van der Waals surface area contributed by atoms with Crippen LogP contribution in [0.3, 0.4) is 0 Å². The summed E-state index contributed by atoms with van der Waals surface area (Å²) < 4.78 is 17.4. The number of rotatable bonds is 8. The molecule has 0 spiro atoms. The monoisotopic (exact) mass is 372 g/mol. The first kappa shape index (κ1) is 18.4. The lowest BCUT2D eigenvalue weighted by Crippen LogP contribution is -2.22. The maximum Gasteiger partial charge on any atom is 0.320 e. The first-order valence-corrected chi connectivity index (χ1v) is 8.03. The molecule has 2 N–H and O–H groups in total. The molecule has 2 heterocycles. The summed E-state index contributed by atoms with van der Waals surface area (Å²) in [4.78, 5) is 23.7. The van der Waals surface area contributed by atoms with Crippen LogP contribution in [0.1, 0.15) is 15.9 Å². The molecule has 0 bridgehead atoms. The van der Waals surface area contributed by atoms with Gasteiger partial charge in [-0.1, -0.05) is 24.3 Å². The van der Waals surface area contributed by atoms with Crippen molar-refractivity contribution in [2.45, 2.75) is 6.54 Å². The number of carboxylic acids is 1. The average molecular weight is 372 g/mol. The highest BCUT2D eigenvalue weighted by Gasteiger charge is 2.18. The molecule has 3 aromatic rings. The largest absolute Gasteiger partial charge is 0.545 e. The number of hydrogen-bond donors (Lipinski definition) is 1. The van der Waals surface area contributed by atoms with Gasteiger partial charge in [-0.3, -0.25) is 4.57 Å². The van der Waals surface area contributed by atoms with E-state index in [1.54, 1.807) is 23.8 Å². The van der Waals surface area contributed by atoms with Crippen molar-refractivity contribution in [3.05, 3.63) is 35.4 Å². The molecule has 0 radical (unpaired) electrons. The Morgan fingerprint density at radius 1 is 1.15 bits per heavy atom. The number of nitrogens with zero attached hydrogens (tertiary/aromatic N) is 4. The molecule has 27 heavy (non-hydrogen) atoms. The molecule has 3 rings (SSSR count). The third-order valence-electron chi connectivity index (χ3n) is 3.80. The summed E-state index contributed by atoms with van der Waals surface area (Å²) in [6.45, 7) is 0.993. The summed E-state index contributed by atoms with van der Waals surface area (Å²) in [6, 6.07) is 6.70. The van der Waals surface area contributed by atoms with E-state index in [9.17, 15) is 9.90 Å². The number of hydrogen-bond acceptors (Lipinski definition) is 9. The summed E-state index contributed by atoms with van der Waals surface area (Å²) in [5, 5.41) is 10.9. The van der Waals surface area contributed by atoms with E-state index in [1.165, 1.54) is 19.2 Å². The van der Waals surface area contributed by atoms with E-state index in [1.807, 2.05) is 0 Å². The van der Waals surface area contributed by atoms with Gasteiger partial charge >= 0.3 is 6.01 Å². The molecular weight excluding hydrogens is 354 g/mol. The Hall–Kier alpha value is -3.40. The zero-order chi connectivity index (χ0) is 19.4. The number of ether oxygens (including phenoxy) is 3. The lowest BCUT2D eigenvalue weighted by Gasteiger charge is -2.09. The molecule has 10 nitrogen and oxygen atoms in total. The third kappa shape index (κ3) is 3.90. The lowest BCUT2D eigenvalue weighted by atomic mass is 10.1. The maximum atomic E-state index is 10.9. The smallest absolute Gasteiger partial charge is 0.320 e. The first-order chi connectivity index (χ1) is 13.0. The first-order valence-electron chi connectivity index (χ1n) is 8.03. The number of benzene rings is 1. The molecule has 0 atom stereocenters. The zero-order valence-electron chi connectivity index (χ0n) is 14.8. The third-order valence-corrected chi connectivity index (χ3v) is 3.80. The van der Waals surface area contributed by atoms with E-state index in [-0.39, 0.29) is 24.0 Å². The van der Waals surface area contributed by atoms with Crippen molar-refractivity contribution in [1.29, 1.82) is 0 Å². The normalized spacial score (nSPS) is 10.9. The van der Waals surface area contributed by atoms with E-state index in [0.29, 0.717) is 30.3 Å². The van der Waals surface area contributed by atoms with Gasteiger partial charge < -0.3 is 29.8 Å². The van der Waals surface area contributed by atoms with E-state index in [2.05, 4.69) is 15.0 Å². The van der Waals surface area contributed by atoms with Crippen LogP contribution in [-0.2, 0) is 11.3 Å². The summed E-state index contributed by atoms with van der Waals surface area (Å²) in [5.41, 5.74) is 7.72. The van der Waals surface area contributed by atoms with Crippen molar-refractivity contribution in [3.8, 4) is 12.0 Å². The second-order valence-electron chi connectivity index (χ2n) is 5.57. The molecule has 10 heteroatoms. The molecule has 0 fully saturated rings. The minimum Gasteiger partial charge on any atom is -0.545 e. The number of carbonyl (C=O) groups is 1. The Morgan fingerprint density at radius 2 is 1.89 bits per heavy atom. The van der Waals surface area contributed by atoms with Crippen molar-refractivity contribution < 1.29 is 24.1 Å². The van der Waals surface area contributed by atoms with E-state index in [4.69, 9.17) is 19.9 Å². The van der Waals surface area contributed by atoms with Crippen LogP contribution in [0.25, 0.3) is 11.2 Å². The van der Waals surface area contributed by atoms with Gasteiger partial charge in [-0.2, -0.15) is 15.0 Å². The molecule has 0 unspecified atom stereocenters. The van der Waals surface area contributed by atoms with Crippen molar-refractivity contribution >= 4 is 23.0 Å². The molecule has 0 aliphatic heterocycles. The van der Waals surface area contributed by atoms with Gasteiger partial charge in [0.05, 0.1) is 26.2 Å². The average Bonchev–Trinajstić information content (AvgIpc) is 3.01. The van der Waals surface area contributed by atoms with Crippen LogP contribution in [0.15, 0.2) is 24.3 Å². The molecule has 142 valence electrons. The van der Waals surface area contributed by atoms with Crippen LogP contribution >= 0.6 is 0 Å². The molecule has 0 saturated heterocycles. The molecule has 0 aliphatic rings. The van der Waals surface area contributed by atoms with Crippen molar-refractivity contribution in [1.82, 2.24) is 19.5 Å². The highest BCUT2D eigenvalue weighted by Crippen LogP contribution is 2.26. The van der Waals surface area contributed by atoms with Gasteiger partial charge in [0.15, 0.2) is 17.0 Å². The van der Waals surface area contributed by atoms with Crippen LogP contribution < -0.4 is 20.3 Å². The van der Waals surface area contributed by atoms with Gasteiger partial charge in [-0.05, 0) is 11.1 Å². The number of methoxy groups -OCH3 is 2. The molecule has 2 aromatic heterocycles. The van der Waals surface area contributed by atoms with Crippen LogP contribution in [0, 0.1) is 0 Å². The van der Waals surface area contributed by atoms with Gasteiger partial charge in [0.2, 0.25) is 0 Å². The predicted molar refractivity (Wildman–Crippen MR) is 93.5 cm³/mol. The molecule has 0 aliphatic carbocycles. The fraction of sp³-hybridized carbons (Fsp3) is 0.294. The topological polar surface area (TPSA) is 137 Å². The van der Waals surface area contributed by atoms with Crippen molar-refractivity contribution in [3.63, 3.8) is 0 Å². The Bertz CT molecular complexity index is 954. The Morgan fingerprint density at radius 3 is 2.52 bits per heavy atom. The highest BCUT2D eigenvalue weighted by atomic mass is 16.5. The Labute approximate surface area is 154 Å². The number of nitrogen functional groups attached to an aromatic ring is 1. The van der Waals surface area contributed by atoms with Crippen LogP contribution in [-0.4, -0.2) is 52.9 Å². The number of anilines is 1. The summed E-state index contributed by atoms with van der Waals surface area (Å²) in [6.07, 6.45) is 0. The highest BCUT2D eigenvalue weighted by molar-refractivity contribution is 5.85. The lowest BCUT2D eigenvalue weighted by molar-refractivity contribution is -0.255. The van der Waals surface area contributed by atoms with Gasteiger partial charge in [0.25, 0.3) is 6.01 Å². The number of imidazole rings is 1. The summed E-state index contributed by atoms with van der Waals surface area (Å²) in [7, 11) is 3.05. The minimum absolute atomic E-state index is 0.0987. The second-order valence-corrected chi connectivity index (χ2v) is 5.57. The maximum absolute atomic E-state index is 10.9. The molecule has 0 amide bonds. The van der Waals surface area contributed by atoms with Crippen LogP contribution in [0.5, 0.6) is 12.0 Å². The number of aromatic carboxylic acids is 1. The van der Waals surface area contributed by atoms with Crippen molar-refractivity contribution in [2.24, 2.45) is 0 Å². The second kappa shape index (κ2) is 7.87. The van der Waals surface area contributed by atoms with E-state index < -0.39 is 5.97 Å². The van der Waals surface area contributed by atoms with Gasteiger partial charge in [0, 0.05) is 7.11 Å². The number of carbonyl (C=O) groups excluding carboxylic acids is 1. The number of aromatic nitrogens is 4. The quantitative estimate of drug-likeness (QED) is 0.535. The van der Waals surface area contributed by atoms with Gasteiger partial charge in [0.1, 0.15) is 6.61 Å².